The molecule has 2 aliphatic rings. The molecule has 2 unspecified atom stereocenters. The van der Waals surface area contributed by atoms with Gasteiger partial charge in [0.15, 0.2) is 5.96 Å². The van der Waals surface area contributed by atoms with Crippen LogP contribution < -0.4 is 10.6 Å². The van der Waals surface area contributed by atoms with Gasteiger partial charge in [-0.3, -0.25) is 9.79 Å². The molecule has 29 heavy (non-hydrogen) atoms. The summed E-state index contributed by atoms with van der Waals surface area (Å²) in [5.74, 6) is 0.888. The standard InChI is InChI=1S/C22H34N4O2.HI/c1-5-28-19-15-18(22(19)11-7-12-22)25-21(23-2)24-13-10-16-8-6-9-17(14-16)20(27)26(3)4;/h6,8-9,14,18-19H,5,7,10-13,15H2,1-4H3,(H2,23,24,25);1H. The maximum atomic E-state index is 12.1. The molecule has 0 saturated heterocycles. The molecular formula is C22H35IN4O2. The monoisotopic (exact) mass is 514 g/mol. The van der Waals surface area contributed by atoms with Crippen LogP contribution in [-0.4, -0.2) is 63.2 Å². The molecule has 1 aromatic rings. The largest absolute Gasteiger partial charge is 0.378 e. The zero-order valence-corrected chi connectivity index (χ0v) is 20.4. The maximum Gasteiger partial charge on any atom is 0.253 e. The number of carbonyl (C=O) groups is 1. The van der Waals surface area contributed by atoms with Crippen molar-refractivity contribution in [3.63, 3.8) is 0 Å². The highest BCUT2D eigenvalue weighted by Crippen LogP contribution is 2.57. The van der Waals surface area contributed by atoms with Gasteiger partial charge in [0, 0.05) is 51.3 Å². The van der Waals surface area contributed by atoms with Crippen LogP contribution in [0.2, 0.25) is 0 Å². The number of amides is 1. The SMILES string of the molecule is CCOC1CC(NC(=NC)NCCc2cccc(C(=O)N(C)C)c2)C12CCC2.I. The summed E-state index contributed by atoms with van der Waals surface area (Å²) in [5, 5.41) is 7.04. The lowest BCUT2D eigenvalue weighted by Crippen LogP contribution is -2.68. The molecule has 1 spiro atoms. The van der Waals surface area contributed by atoms with Crippen molar-refractivity contribution in [2.24, 2.45) is 10.4 Å². The van der Waals surface area contributed by atoms with Gasteiger partial charge in [0.25, 0.3) is 5.91 Å². The molecule has 0 radical (unpaired) electrons. The van der Waals surface area contributed by atoms with E-state index in [0.717, 1.165) is 43.1 Å². The van der Waals surface area contributed by atoms with E-state index in [1.165, 1.54) is 19.3 Å². The van der Waals surface area contributed by atoms with Crippen LogP contribution in [0.25, 0.3) is 0 Å². The van der Waals surface area contributed by atoms with Gasteiger partial charge in [0.1, 0.15) is 0 Å². The molecule has 0 heterocycles. The van der Waals surface area contributed by atoms with E-state index in [-0.39, 0.29) is 29.9 Å². The van der Waals surface area contributed by atoms with E-state index in [0.29, 0.717) is 17.6 Å². The van der Waals surface area contributed by atoms with Crippen LogP contribution in [0.5, 0.6) is 0 Å². The normalized spacial score (nSPS) is 22.1. The average Bonchev–Trinajstić information content (AvgIpc) is 2.64. The predicted octanol–water partition coefficient (Wildman–Crippen LogP) is 3.06. The third-order valence-electron chi connectivity index (χ3n) is 6.26. The van der Waals surface area contributed by atoms with Crippen LogP contribution in [0.1, 0.15) is 48.5 Å². The fourth-order valence-electron chi connectivity index (χ4n) is 4.44. The summed E-state index contributed by atoms with van der Waals surface area (Å²) in [5.41, 5.74) is 2.19. The molecule has 2 fully saturated rings. The Bertz CT molecular complexity index is 719. The van der Waals surface area contributed by atoms with E-state index < -0.39 is 0 Å². The molecule has 162 valence electrons. The number of hydrogen-bond donors (Lipinski definition) is 2. The number of nitrogens with zero attached hydrogens (tertiary/aromatic N) is 2. The number of rotatable bonds is 7. The van der Waals surface area contributed by atoms with Gasteiger partial charge >= 0.3 is 0 Å². The Labute approximate surface area is 191 Å². The van der Waals surface area contributed by atoms with Crippen molar-refractivity contribution in [2.45, 2.75) is 51.2 Å². The Morgan fingerprint density at radius 3 is 2.69 bits per heavy atom. The van der Waals surface area contributed by atoms with E-state index in [1.807, 2.05) is 25.2 Å². The zero-order valence-electron chi connectivity index (χ0n) is 18.0. The van der Waals surface area contributed by atoms with Gasteiger partial charge in [-0.25, -0.2) is 0 Å². The maximum absolute atomic E-state index is 12.1. The van der Waals surface area contributed by atoms with Gasteiger partial charge in [-0.1, -0.05) is 18.6 Å². The second-order valence-electron chi connectivity index (χ2n) is 8.11. The smallest absolute Gasteiger partial charge is 0.253 e. The van der Waals surface area contributed by atoms with Crippen molar-refractivity contribution in [3.8, 4) is 0 Å². The highest BCUT2D eigenvalue weighted by Gasteiger charge is 2.59. The van der Waals surface area contributed by atoms with Crippen molar-refractivity contribution < 1.29 is 9.53 Å². The lowest BCUT2D eigenvalue weighted by Gasteiger charge is -2.61. The Hall–Kier alpha value is -1.35. The number of ether oxygens (including phenoxy) is 1. The fraction of sp³-hybridized carbons (Fsp3) is 0.636. The number of nitrogens with one attached hydrogen (secondary N) is 2. The lowest BCUT2D eigenvalue weighted by atomic mass is 9.51. The molecule has 2 saturated carbocycles. The molecule has 1 aromatic carbocycles. The quantitative estimate of drug-likeness (QED) is 0.334. The average molecular weight is 514 g/mol. The van der Waals surface area contributed by atoms with Crippen molar-refractivity contribution >= 4 is 35.8 Å². The molecule has 2 atom stereocenters. The van der Waals surface area contributed by atoms with Crippen LogP contribution >= 0.6 is 24.0 Å². The van der Waals surface area contributed by atoms with Gasteiger partial charge in [-0.2, -0.15) is 0 Å². The first-order valence-corrected chi connectivity index (χ1v) is 10.4. The molecule has 0 bridgehead atoms. The molecule has 0 aromatic heterocycles. The third-order valence-corrected chi connectivity index (χ3v) is 6.26. The van der Waals surface area contributed by atoms with E-state index in [1.54, 1.807) is 19.0 Å². The molecule has 6 nitrogen and oxygen atoms in total. The summed E-state index contributed by atoms with van der Waals surface area (Å²) in [6.07, 6.45) is 6.10. The Morgan fingerprint density at radius 1 is 1.34 bits per heavy atom. The summed E-state index contributed by atoms with van der Waals surface area (Å²) in [6.45, 7) is 3.64. The summed E-state index contributed by atoms with van der Waals surface area (Å²) < 4.78 is 5.94. The van der Waals surface area contributed by atoms with Crippen molar-refractivity contribution in [2.75, 3.05) is 34.3 Å². The summed E-state index contributed by atoms with van der Waals surface area (Å²) in [4.78, 5) is 18.1. The lowest BCUT2D eigenvalue weighted by molar-refractivity contribution is -0.168. The molecular weight excluding hydrogens is 479 g/mol. The van der Waals surface area contributed by atoms with Crippen LogP contribution in [-0.2, 0) is 11.2 Å². The highest BCUT2D eigenvalue weighted by atomic mass is 127. The Kier molecular flexibility index (Phi) is 8.75. The topological polar surface area (TPSA) is 66.0 Å². The van der Waals surface area contributed by atoms with Crippen LogP contribution in [0.15, 0.2) is 29.3 Å². The van der Waals surface area contributed by atoms with E-state index >= 15 is 0 Å². The summed E-state index contributed by atoms with van der Waals surface area (Å²) in [7, 11) is 5.37. The van der Waals surface area contributed by atoms with Crippen molar-refractivity contribution in [1.82, 2.24) is 15.5 Å². The number of guanidine groups is 1. The number of benzene rings is 1. The van der Waals surface area contributed by atoms with Crippen molar-refractivity contribution in [3.05, 3.63) is 35.4 Å². The fourth-order valence-corrected chi connectivity index (χ4v) is 4.44. The molecule has 0 aliphatic heterocycles. The van der Waals surface area contributed by atoms with E-state index in [4.69, 9.17) is 4.74 Å². The third kappa shape index (κ3) is 5.23. The number of aliphatic imine (C=N–C) groups is 1. The Morgan fingerprint density at radius 2 is 2.10 bits per heavy atom. The first kappa shape index (κ1) is 23.9. The van der Waals surface area contributed by atoms with E-state index in [2.05, 4.69) is 28.6 Å². The van der Waals surface area contributed by atoms with Crippen LogP contribution in [0.3, 0.4) is 0 Å². The van der Waals surface area contributed by atoms with Gasteiger partial charge in [0.2, 0.25) is 0 Å². The zero-order chi connectivity index (χ0) is 20.1. The number of halogens is 1. The van der Waals surface area contributed by atoms with Crippen LogP contribution in [0.4, 0.5) is 0 Å². The molecule has 3 rings (SSSR count). The first-order valence-electron chi connectivity index (χ1n) is 10.4. The van der Waals surface area contributed by atoms with Crippen LogP contribution in [0, 0.1) is 5.41 Å². The molecule has 7 heteroatoms. The minimum Gasteiger partial charge on any atom is -0.378 e. The second-order valence-corrected chi connectivity index (χ2v) is 8.11. The van der Waals surface area contributed by atoms with Crippen molar-refractivity contribution in [1.29, 1.82) is 0 Å². The first-order chi connectivity index (χ1) is 13.5. The van der Waals surface area contributed by atoms with E-state index in [9.17, 15) is 4.79 Å². The van der Waals surface area contributed by atoms with Gasteiger partial charge in [0.05, 0.1) is 6.10 Å². The minimum absolute atomic E-state index is 0. The number of hydrogen-bond acceptors (Lipinski definition) is 3. The predicted molar refractivity (Wildman–Crippen MR) is 128 cm³/mol. The van der Waals surface area contributed by atoms with Gasteiger partial charge in [-0.05, 0) is 50.3 Å². The summed E-state index contributed by atoms with van der Waals surface area (Å²) >= 11 is 0. The Balaban J connectivity index is 0.00000300. The van der Waals surface area contributed by atoms with Gasteiger partial charge in [-0.15, -0.1) is 24.0 Å². The number of carbonyl (C=O) groups excluding carboxylic acids is 1. The molecule has 2 N–H and O–H groups in total. The van der Waals surface area contributed by atoms with Gasteiger partial charge < -0.3 is 20.3 Å². The highest BCUT2D eigenvalue weighted by molar-refractivity contribution is 14.0. The molecule has 1 amide bonds. The second kappa shape index (κ2) is 10.6. The summed E-state index contributed by atoms with van der Waals surface area (Å²) in [6, 6.07) is 8.30. The molecule has 2 aliphatic carbocycles. The minimum atomic E-state index is 0.